The van der Waals surface area contributed by atoms with Gasteiger partial charge in [-0.25, -0.2) is 0 Å². The van der Waals surface area contributed by atoms with Crippen molar-refractivity contribution >= 4 is 23.3 Å². The summed E-state index contributed by atoms with van der Waals surface area (Å²) in [5.74, 6) is 0.268. The molecule has 24 heavy (non-hydrogen) atoms. The van der Waals surface area contributed by atoms with Crippen LogP contribution >= 0.6 is 0 Å². The molecule has 0 unspecified atom stereocenters. The molecule has 0 atom stereocenters. The number of nitrogens with one attached hydrogen (secondary N) is 3. The maximum atomic E-state index is 12.1. The SMILES string of the molecule is O=C1CN=C(c2ccc(NC(=O)Cc3ccccc3O)cc2)NN1. The number of para-hydroxylation sites is 1. The molecule has 0 bridgehead atoms. The third kappa shape index (κ3) is 3.70. The van der Waals surface area contributed by atoms with Crippen LogP contribution in [0.5, 0.6) is 5.75 Å². The Morgan fingerprint density at radius 2 is 1.88 bits per heavy atom. The highest BCUT2D eigenvalue weighted by Crippen LogP contribution is 2.17. The van der Waals surface area contributed by atoms with Crippen molar-refractivity contribution in [1.29, 1.82) is 0 Å². The number of rotatable bonds is 4. The van der Waals surface area contributed by atoms with Gasteiger partial charge in [-0.15, -0.1) is 0 Å². The summed E-state index contributed by atoms with van der Waals surface area (Å²) in [5.41, 5.74) is 7.23. The van der Waals surface area contributed by atoms with Crippen molar-refractivity contribution in [3.8, 4) is 5.75 Å². The molecule has 0 saturated heterocycles. The minimum atomic E-state index is -0.218. The minimum Gasteiger partial charge on any atom is -0.508 e. The molecule has 7 heteroatoms. The third-order valence-corrected chi connectivity index (χ3v) is 3.49. The summed E-state index contributed by atoms with van der Waals surface area (Å²) in [6.45, 7) is 0.0847. The average molecular weight is 324 g/mol. The third-order valence-electron chi connectivity index (χ3n) is 3.49. The van der Waals surface area contributed by atoms with Crippen LogP contribution in [0.2, 0.25) is 0 Å². The van der Waals surface area contributed by atoms with E-state index in [9.17, 15) is 14.7 Å². The van der Waals surface area contributed by atoms with Gasteiger partial charge in [-0.2, -0.15) is 0 Å². The van der Waals surface area contributed by atoms with Crippen LogP contribution in [-0.2, 0) is 16.0 Å². The van der Waals surface area contributed by atoms with Gasteiger partial charge < -0.3 is 10.4 Å². The Balaban J connectivity index is 1.63. The standard InChI is InChI=1S/C17H16N4O3/c22-14-4-2-1-3-12(14)9-15(23)19-13-7-5-11(6-8-13)17-18-10-16(24)20-21-17/h1-8,22H,9-10H2,(H,18,21)(H,19,23)(H,20,24). The average Bonchev–Trinajstić information content (AvgIpc) is 2.58. The van der Waals surface area contributed by atoms with E-state index in [1.165, 1.54) is 0 Å². The lowest BCUT2D eigenvalue weighted by Crippen LogP contribution is -2.47. The van der Waals surface area contributed by atoms with E-state index in [0.29, 0.717) is 17.1 Å². The number of hydrazine groups is 1. The highest BCUT2D eigenvalue weighted by molar-refractivity contribution is 6.03. The molecule has 1 aliphatic rings. The summed E-state index contributed by atoms with van der Waals surface area (Å²) in [4.78, 5) is 27.2. The molecule has 0 spiro atoms. The van der Waals surface area contributed by atoms with Gasteiger partial charge >= 0.3 is 0 Å². The van der Waals surface area contributed by atoms with Gasteiger partial charge in [0.15, 0.2) is 0 Å². The number of nitrogens with zero attached hydrogens (tertiary/aromatic N) is 1. The van der Waals surface area contributed by atoms with Gasteiger partial charge in [0.25, 0.3) is 5.91 Å². The van der Waals surface area contributed by atoms with Crippen molar-refractivity contribution in [3.05, 3.63) is 59.7 Å². The first kappa shape index (κ1) is 15.5. The van der Waals surface area contributed by atoms with Crippen molar-refractivity contribution in [2.45, 2.75) is 6.42 Å². The molecule has 122 valence electrons. The molecule has 0 aliphatic carbocycles. The van der Waals surface area contributed by atoms with Crippen LogP contribution in [0.3, 0.4) is 0 Å². The summed E-state index contributed by atoms with van der Waals surface area (Å²) in [6, 6.07) is 13.8. The second-order valence-electron chi connectivity index (χ2n) is 5.27. The Bertz CT molecular complexity index is 800. The molecular formula is C17H16N4O3. The topological polar surface area (TPSA) is 103 Å². The zero-order chi connectivity index (χ0) is 16.9. The first-order valence-corrected chi connectivity index (χ1v) is 7.38. The van der Waals surface area contributed by atoms with Crippen LogP contribution < -0.4 is 16.2 Å². The van der Waals surface area contributed by atoms with Crippen LogP contribution in [-0.4, -0.2) is 29.3 Å². The molecule has 2 aromatic carbocycles. The second-order valence-corrected chi connectivity index (χ2v) is 5.27. The number of phenolic OH excluding ortho intramolecular Hbond substituents is 1. The molecule has 3 rings (SSSR count). The summed E-state index contributed by atoms with van der Waals surface area (Å²) in [6.07, 6.45) is 0.0920. The lowest BCUT2D eigenvalue weighted by molar-refractivity contribution is -0.120. The normalized spacial score (nSPS) is 13.5. The number of phenols is 1. The summed E-state index contributed by atoms with van der Waals surface area (Å²) in [5, 5.41) is 12.5. The fourth-order valence-electron chi connectivity index (χ4n) is 2.27. The number of aliphatic imine (C=N–C) groups is 1. The van der Waals surface area contributed by atoms with Crippen molar-refractivity contribution in [2.75, 3.05) is 11.9 Å². The van der Waals surface area contributed by atoms with Gasteiger partial charge in [-0.3, -0.25) is 25.4 Å². The zero-order valence-electron chi connectivity index (χ0n) is 12.7. The smallest absolute Gasteiger partial charge is 0.260 e. The molecule has 7 nitrogen and oxygen atoms in total. The lowest BCUT2D eigenvalue weighted by Gasteiger charge is -2.15. The van der Waals surface area contributed by atoms with Gasteiger partial charge in [0.1, 0.15) is 18.1 Å². The van der Waals surface area contributed by atoms with E-state index in [-0.39, 0.29) is 30.5 Å². The number of carbonyl (C=O) groups is 2. The molecule has 4 N–H and O–H groups in total. The number of amidine groups is 1. The number of carbonyl (C=O) groups excluding carboxylic acids is 2. The number of anilines is 1. The maximum absolute atomic E-state index is 12.1. The van der Waals surface area contributed by atoms with Crippen molar-refractivity contribution < 1.29 is 14.7 Å². The van der Waals surface area contributed by atoms with Crippen molar-refractivity contribution in [2.24, 2.45) is 4.99 Å². The van der Waals surface area contributed by atoms with Gasteiger partial charge in [-0.1, -0.05) is 18.2 Å². The predicted molar refractivity (Wildman–Crippen MR) is 89.6 cm³/mol. The van der Waals surface area contributed by atoms with E-state index >= 15 is 0 Å². The number of hydrogen-bond donors (Lipinski definition) is 4. The summed E-state index contributed by atoms with van der Waals surface area (Å²) >= 11 is 0. The largest absolute Gasteiger partial charge is 0.508 e. The molecule has 0 fully saturated rings. The highest BCUT2D eigenvalue weighted by atomic mass is 16.3. The number of benzene rings is 2. The van der Waals surface area contributed by atoms with E-state index in [1.807, 2.05) is 0 Å². The Morgan fingerprint density at radius 1 is 1.12 bits per heavy atom. The Morgan fingerprint density at radius 3 is 2.54 bits per heavy atom. The predicted octanol–water partition coefficient (Wildman–Crippen LogP) is 0.954. The van der Waals surface area contributed by atoms with Crippen LogP contribution in [0.25, 0.3) is 0 Å². The summed E-state index contributed by atoms with van der Waals surface area (Å²) in [7, 11) is 0. The molecule has 0 aromatic heterocycles. The zero-order valence-corrected chi connectivity index (χ0v) is 12.7. The minimum absolute atomic E-state index is 0.0847. The Kier molecular flexibility index (Phi) is 4.42. The molecular weight excluding hydrogens is 308 g/mol. The fourth-order valence-corrected chi connectivity index (χ4v) is 2.27. The Labute approximate surface area is 138 Å². The molecule has 0 saturated carbocycles. The fraction of sp³-hybridized carbons (Fsp3) is 0.118. The monoisotopic (exact) mass is 324 g/mol. The van der Waals surface area contributed by atoms with E-state index in [2.05, 4.69) is 21.2 Å². The van der Waals surface area contributed by atoms with Crippen LogP contribution in [0.4, 0.5) is 5.69 Å². The molecule has 2 amide bonds. The first-order valence-electron chi connectivity index (χ1n) is 7.38. The van der Waals surface area contributed by atoms with Gasteiger partial charge in [0.05, 0.1) is 6.42 Å². The number of aromatic hydroxyl groups is 1. The maximum Gasteiger partial charge on any atom is 0.260 e. The van der Waals surface area contributed by atoms with E-state index < -0.39 is 0 Å². The molecule has 2 aromatic rings. The summed E-state index contributed by atoms with van der Waals surface area (Å²) < 4.78 is 0. The van der Waals surface area contributed by atoms with Gasteiger partial charge in [-0.05, 0) is 30.3 Å². The van der Waals surface area contributed by atoms with Gasteiger partial charge in [0.2, 0.25) is 5.91 Å². The lowest BCUT2D eigenvalue weighted by atomic mass is 10.1. The molecule has 1 heterocycles. The van der Waals surface area contributed by atoms with Crippen LogP contribution in [0.1, 0.15) is 11.1 Å². The van der Waals surface area contributed by atoms with Gasteiger partial charge in [0, 0.05) is 16.8 Å². The first-order chi connectivity index (χ1) is 11.6. The quantitative estimate of drug-likeness (QED) is 0.672. The molecule has 1 aliphatic heterocycles. The highest BCUT2D eigenvalue weighted by Gasteiger charge is 2.12. The molecule has 0 radical (unpaired) electrons. The van der Waals surface area contributed by atoms with E-state index in [0.717, 1.165) is 5.56 Å². The van der Waals surface area contributed by atoms with Crippen LogP contribution in [0, 0.1) is 0 Å². The van der Waals surface area contributed by atoms with E-state index in [4.69, 9.17) is 0 Å². The number of hydrogen-bond acceptors (Lipinski definition) is 5. The Hall–Kier alpha value is -3.35. The van der Waals surface area contributed by atoms with Crippen molar-refractivity contribution in [1.82, 2.24) is 10.9 Å². The van der Waals surface area contributed by atoms with Crippen molar-refractivity contribution in [3.63, 3.8) is 0 Å². The second kappa shape index (κ2) is 6.82. The van der Waals surface area contributed by atoms with E-state index in [1.54, 1.807) is 48.5 Å². The number of amides is 2. The van der Waals surface area contributed by atoms with Crippen LogP contribution in [0.15, 0.2) is 53.5 Å².